The second-order valence-electron chi connectivity index (χ2n) is 8.81. The highest BCUT2D eigenvalue weighted by atomic mass is 16.6. The second kappa shape index (κ2) is 8.80. The Hall–Kier alpha value is -3.74. The summed E-state index contributed by atoms with van der Waals surface area (Å²) in [5.74, 6) is 0.375. The van der Waals surface area contributed by atoms with Crippen LogP contribution in [0.15, 0.2) is 53.9 Å². The van der Waals surface area contributed by atoms with Crippen LogP contribution in [0, 0.1) is 0 Å². The van der Waals surface area contributed by atoms with Gasteiger partial charge >= 0.3 is 11.9 Å². The van der Waals surface area contributed by atoms with Crippen molar-refractivity contribution in [2.45, 2.75) is 45.3 Å². The standard InChI is InChI=1S/C28H29NO6/c1-5-10-20-23(26(30)32-3)17-12-9-13-18-24(27(31)33-4)22(11-6-2)35-28(25(17)18)16-34-21-15-8-7-14-19(21)29(20)28/h7-9,12-15H,5-6,10-11,16H2,1-4H3. The Bertz CT molecular complexity index is 1280. The number of carbonyl (C=O) groups excluding carboxylic acids is 2. The van der Waals surface area contributed by atoms with E-state index in [4.69, 9.17) is 18.9 Å². The Morgan fingerprint density at radius 3 is 2.26 bits per heavy atom. The molecule has 0 N–H and O–H groups in total. The minimum absolute atomic E-state index is 0.192. The molecular weight excluding hydrogens is 446 g/mol. The van der Waals surface area contributed by atoms with Crippen molar-refractivity contribution in [1.82, 2.24) is 0 Å². The molecule has 0 saturated carbocycles. The van der Waals surface area contributed by atoms with Gasteiger partial charge in [0.2, 0.25) is 5.72 Å². The third-order valence-corrected chi connectivity index (χ3v) is 6.76. The minimum Gasteiger partial charge on any atom is -0.485 e. The molecule has 35 heavy (non-hydrogen) atoms. The quantitative estimate of drug-likeness (QED) is 0.535. The minimum atomic E-state index is -1.08. The molecule has 0 fully saturated rings. The fourth-order valence-corrected chi connectivity index (χ4v) is 5.47. The molecule has 3 heterocycles. The number of esters is 2. The van der Waals surface area contributed by atoms with Crippen molar-refractivity contribution in [2.24, 2.45) is 0 Å². The monoisotopic (exact) mass is 475 g/mol. The van der Waals surface area contributed by atoms with Gasteiger partial charge in [0.25, 0.3) is 0 Å². The van der Waals surface area contributed by atoms with Crippen LogP contribution >= 0.6 is 0 Å². The van der Waals surface area contributed by atoms with E-state index in [9.17, 15) is 9.59 Å². The zero-order valence-electron chi connectivity index (χ0n) is 20.5. The number of para-hydroxylation sites is 2. The molecule has 2 aromatic carbocycles. The summed E-state index contributed by atoms with van der Waals surface area (Å²) in [6.45, 7) is 4.31. The van der Waals surface area contributed by atoms with Crippen LogP contribution in [0.25, 0.3) is 11.1 Å². The van der Waals surface area contributed by atoms with E-state index in [-0.39, 0.29) is 6.61 Å². The van der Waals surface area contributed by atoms with E-state index in [0.29, 0.717) is 46.6 Å². The van der Waals surface area contributed by atoms with E-state index in [1.807, 2.05) is 49.4 Å². The Kier molecular flexibility index (Phi) is 5.79. The van der Waals surface area contributed by atoms with E-state index >= 15 is 0 Å². The van der Waals surface area contributed by atoms with Gasteiger partial charge in [-0.3, -0.25) is 4.90 Å². The molecule has 1 spiro atoms. The van der Waals surface area contributed by atoms with Gasteiger partial charge in [-0.15, -0.1) is 0 Å². The van der Waals surface area contributed by atoms with Gasteiger partial charge in [0.15, 0.2) is 6.61 Å². The van der Waals surface area contributed by atoms with Crippen molar-refractivity contribution in [1.29, 1.82) is 0 Å². The average Bonchev–Trinajstić information content (AvgIpc) is 2.88. The van der Waals surface area contributed by atoms with E-state index in [1.54, 1.807) is 0 Å². The van der Waals surface area contributed by atoms with E-state index in [0.717, 1.165) is 29.8 Å². The van der Waals surface area contributed by atoms with Crippen LogP contribution in [-0.2, 0) is 29.5 Å². The van der Waals surface area contributed by atoms with Gasteiger partial charge in [0.05, 0.1) is 25.5 Å². The van der Waals surface area contributed by atoms with Gasteiger partial charge in [-0.2, -0.15) is 0 Å². The van der Waals surface area contributed by atoms with Crippen molar-refractivity contribution in [3.63, 3.8) is 0 Å². The maximum atomic E-state index is 13.3. The highest BCUT2D eigenvalue weighted by Crippen LogP contribution is 2.57. The first-order valence-electron chi connectivity index (χ1n) is 12.0. The number of methoxy groups -OCH3 is 2. The molecule has 0 bridgehead atoms. The van der Waals surface area contributed by atoms with E-state index in [1.165, 1.54) is 14.2 Å². The number of allylic oxidation sites excluding steroid dienone is 2. The molecule has 7 heteroatoms. The predicted octanol–water partition coefficient (Wildman–Crippen LogP) is 5.15. The molecule has 0 saturated heterocycles. The van der Waals surface area contributed by atoms with Gasteiger partial charge < -0.3 is 18.9 Å². The Morgan fingerprint density at radius 2 is 1.57 bits per heavy atom. The lowest BCUT2D eigenvalue weighted by atomic mass is 9.77. The first-order chi connectivity index (χ1) is 17.0. The predicted molar refractivity (Wildman–Crippen MR) is 131 cm³/mol. The highest BCUT2D eigenvalue weighted by Gasteiger charge is 2.57. The van der Waals surface area contributed by atoms with Gasteiger partial charge in [-0.05, 0) is 25.0 Å². The first-order valence-corrected chi connectivity index (χ1v) is 12.0. The van der Waals surface area contributed by atoms with Crippen molar-refractivity contribution in [3.8, 4) is 5.75 Å². The number of ether oxygens (including phenoxy) is 4. The molecular formula is C28H29NO6. The Morgan fingerprint density at radius 1 is 0.914 bits per heavy atom. The van der Waals surface area contributed by atoms with E-state index < -0.39 is 17.7 Å². The molecule has 5 rings (SSSR count). The van der Waals surface area contributed by atoms with Gasteiger partial charge in [-0.1, -0.05) is 50.6 Å². The van der Waals surface area contributed by atoms with Crippen molar-refractivity contribution >= 4 is 28.8 Å². The lowest BCUT2D eigenvalue weighted by Gasteiger charge is -2.54. The van der Waals surface area contributed by atoms with Crippen molar-refractivity contribution < 1.29 is 28.5 Å². The van der Waals surface area contributed by atoms with Crippen LogP contribution in [0.1, 0.15) is 56.2 Å². The maximum absolute atomic E-state index is 13.3. The van der Waals surface area contributed by atoms with Crippen molar-refractivity contribution in [3.05, 3.63) is 70.6 Å². The normalized spacial score (nSPS) is 19.7. The Balaban J connectivity index is 1.92. The molecule has 3 aliphatic rings. The Labute approximate surface area is 204 Å². The van der Waals surface area contributed by atoms with Crippen LogP contribution in [0.3, 0.4) is 0 Å². The number of hydrogen-bond acceptors (Lipinski definition) is 7. The molecule has 1 atom stereocenters. The molecule has 1 unspecified atom stereocenters. The largest absolute Gasteiger partial charge is 0.485 e. The van der Waals surface area contributed by atoms with Gasteiger partial charge in [0, 0.05) is 28.8 Å². The summed E-state index contributed by atoms with van der Waals surface area (Å²) in [4.78, 5) is 28.4. The number of fused-ring (bicyclic) bond motifs is 2. The number of benzene rings is 2. The highest BCUT2D eigenvalue weighted by molar-refractivity contribution is 6.22. The van der Waals surface area contributed by atoms with E-state index in [2.05, 4.69) is 11.8 Å². The third kappa shape index (κ3) is 3.25. The number of anilines is 1. The lowest BCUT2D eigenvalue weighted by molar-refractivity contribution is -0.134. The summed E-state index contributed by atoms with van der Waals surface area (Å²) in [5, 5.41) is 0. The topological polar surface area (TPSA) is 74.3 Å². The zero-order valence-corrected chi connectivity index (χ0v) is 20.5. The summed E-state index contributed by atoms with van der Waals surface area (Å²) in [6.07, 6.45) is 2.78. The molecule has 7 nitrogen and oxygen atoms in total. The van der Waals surface area contributed by atoms with Crippen LogP contribution < -0.4 is 9.64 Å². The molecule has 2 aromatic rings. The fraction of sp³-hybridized carbons (Fsp3) is 0.357. The van der Waals surface area contributed by atoms with Crippen LogP contribution in [0.5, 0.6) is 5.75 Å². The van der Waals surface area contributed by atoms with Gasteiger partial charge in [0.1, 0.15) is 17.1 Å². The molecule has 0 radical (unpaired) electrons. The van der Waals surface area contributed by atoms with Gasteiger partial charge in [-0.25, -0.2) is 9.59 Å². The summed E-state index contributed by atoms with van der Waals surface area (Å²) in [7, 11) is 2.75. The lowest BCUT2D eigenvalue weighted by Crippen LogP contribution is -2.58. The number of hydrogen-bond donors (Lipinski definition) is 0. The fourth-order valence-electron chi connectivity index (χ4n) is 5.47. The van der Waals surface area contributed by atoms with Crippen LogP contribution in [0.2, 0.25) is 0 Å². The molecule has 0 amide bonds. The third-order valence-electron chi connectivity index (χ3n) is 6.76. The maximum Gasteiger partial charge on any atom is 0.341 e. The number of carbonyl (C=O) groups is 2. The summed E-state index contributed by atoms with van der Waals surface area (Å²) >= 11 is 0. The summed E-state index contributed by atoms with van der Waals surface area (Å²) in [6, 6.07) is 13.4. The molecule has 0 aromatic heterocycles. The number of rotatable bonds is 6. The SMILES string of the molecule is CCCC1=C(C(=O)OC)c2cccc3c2C2(COc4ccccc4N2C(CCC)=C3C(=O)OC)O1. The second-order valence-corrected chi connectivity index (χ2v) is 8.81. The van der Waals surface area contributed by atoms with Crippen LogP contribution in [-0.4, -0.2) is 32.8 Å². The zero-order chi connectivity index (χ0) is 24.7. The average molecular weight is 476 g/mol. The van der Waals surface area contributed by atoms with Crippen molar-refractivity contribution in [2.75, 3.05) is 25.7 Å². The molecule has 182 valence electrons. The molecule has 0 aliphatic carbocycles. The smallest absolute Gasteiger partial charge is 0.341 e. The summed E-state index contributed by atoms with van der Waals surface area (Å²) < 4.78 is 23.6. The number of nitrogens with zero attached hydrogens (tertiary/aromatic N) is 1. The first kappa shape index (κ1) is 23.0. The summed E-state index contributed by atoms with van der Waals surface area (Å²) in [5.41, 5.74) is 3.50. The molecule has 3 aliphatic heterocycles. The van der Waals surface area contributed by atoms with Crippen LogP contribution in [0.4, 0.5) is 5.69 Å².